The fourth-order valence-electron chi connectivity index (χ4n) is 1.74. The van der Waals surface area contributed by atoms with E-state index in [0.29, 0.717) is 37.4 Å². The first-order valence-corrected chi connectivity index (χ1v) is 6.49. The van der Waals surface area contributed by atoms with E-state index >= 15 is 0 Å². The number of hydrogen-bond donors (Lipinski definition) is 2. The van der Waals surface area contributed by atoms with E-state index in [1.807, 2.05) is 18.2 Å². The number of rotatable bonds is 7. The topological polar surface area (TPSA) is 77.5 Å². The Hall–Kier alpha value is -2.27. The van der Waals surface area contributed by atoms with Crippen LogP contribution in [0.1, 0.15) is 18.6 Å². The molecule has 0 fully saturated rings. The van der Waals surface area contributed by atoms with Gasteiger partial charge in [-0.15, -0.1) is 0 Å². The molecule has 0 saturated carbocycles. The Bertz CT molecular complexity index is 538. The van der Waals surface area contributed by atoms with Crippen LogP contribution in [-0.2, 0) is 16.1 Å². The van der Waals surface area contributed by atoms with Crippen molar-refractivity contribution in [3.05, 3.63) is 48.4 Å². The Kier molecular flexibility index (Phi) is 5.20. The number of ether oxygens (including phenoxy) is 1. The van der Waals surface area contributed by atoms with Crippen molar-refractivity contribution in [2.75, 3.05) is 17.7 Å². The number of hydrogen-bond acceptors (Lipinski definition) is 4. The van der Waals surface area contributed by atoms with Crippen molar-refractivity contribution in [2.45, 2.75) is 19.4 Å². The Balaban J connectivity index is 1.60. The Morgan fingerprint density at radius 3 is 2.95 bits per heavy atom. The first-order valence-electron chi connectivity index (χ1n) is 6.49. The average molecular weight is 274 g/mol. The zero-order chi connectivity index (χ0) is 14.2. The number of anilines is 2. The average Bonchev–Trinajstić information content (AvgIpc) is 2.91. The molecule has 0 aliphatic carbocycles. The lowest BCUT2D eigenvalue weighted by Gasteiger charge is -2.06. The molecule has 0 radical (unpaired) electrons. The van der Waals surface area contributed by atoms with E-state index in [-0.39, 0.29) is 5.91 Å². The van der Waals surface area contributed by atoms with E-state index in [1.165, 1.54) is 0 Å². The van der Waals surface area contributed by atoms with Gasteiger partial charge in [-0.05, 0) is 36.8 Å². The largest absolute Gasteiger partial charge is 0.467 e. The summed E-state index contributed by atoms with van der Waals surface area (Å²) in [6.07, 6.45) is 2.68. The molecule has 5 nitrogen and oxygen atoms in total. The van der Waals surface area contributed by atoms with E-state index in [0.717, 1.165) is 5.76 Å². The molecule has 2 aromatic rings. The van der Waals surface area contributed by atoms with Gasteiger partial charge in [0.15, 0.2) is 0 Å². The monoisotopic (exact) mass is 274 g/mol. The van der Waals surface area contributed by atoms with Crippen molar-refractivity contribution in [1.82, 2.24) is 0 Å². The van der Waals surface area contributed by atoms with E-state index in [1.54, 1.807) is 24.5 Å². The summed E-state index contributed by atoms with van der Waals surface area (Å²) in [7, 11) is 0. The SMILES string of the molecule is Nc1cccc(NC(=O)CCCOCc2ccco2)c1. The molecule has 0 unspecified atom stereocenters. The van der Waals surface area contributed by atoms with E-state index in [2.05, 4.69) is 5.32 Å². The van der Waals surface area contributed by atoms with E-state index in [9.17, 15) is 4.79 Å². The summed E-state index contributed by atoms with van der Waals surface area (Å²) in [6.45, 7) is 0.953. The second-order valence-electron chi connectivity index (χ2n) is 4.41. The minimum Gasteiger partial charge on any atom is -0.467 e. The zero-order valence-corrected chi connectivity index (χ0v) is 11.2. The van der Waals surface area contributed by atoms with Crippen LogP contribution in [0.25, 0.3) is 0 Å². The lowest BCUT2D eigenvalue weighted by atomic mass is 10.2. The second-order valence-corrected chi connectivity index (χ2v) is 4.41. The van der Waals surface area contributed by atoms with E-state index in [4.69, 9.17) is 14.9 Å². The fourth-order valence-corrected chi connectivity index (χ4v) is 1.74. The van der Waals surface area contributed by atoms with Crippen molar-refractivity contribution in [1.29, 1.82) is 0 Å². The highest BCUT2D eigenvalue weighted by molar-refractivity contribution is 5.91. The third-order valence-corrected chi connectivity index (χ3v) is 2.69. The predicted octanol–water partition coefficient (Wildman–Crippen LogP) is 2.80. The highest BCUT2D eigenvalue weighted by Gasteiger charge is 2.03. The first kappa shape index (κ1) is 14.1. The standard InChI is InChI=1S/C15H18N2O3/c16-12-4-1-5-13(10-12)17-15(18)7-3-8-19-11-14-6-2-9-20-14/h1-2,4-6,9-10H,3,7-8,11,16H2,(H,17,18). The third-order valence-electron chi connectivity index (χ3n) is 2.69. The van der Waals surface area contributed by atoms with Crippen LogP contribution in [0.2, 0.25) is 0 Å². The molecular formula is C15H18N2O3. The molecular weight excluding hydrogens is 256 g/mol. The maximum absolute atomic E-state index is 11.7. The van der Waals surface area contributed by atoms with Gasteiger partial charge >= 0.3 is 0 Å². The third kappa shape index (κ3) is 4.78. The van der Waals surface area contributed by atoms with Crippen LogP contribution >= 0.6 is 0 Å². The zero-order valence-electron chi connectivity index (χ0n) is 11.2. The molecule has 0 atom stereocenters. The molecule has 0 spiro atoms. The molecule has 1 aromatic carbocycles. The molecule has 20 heavy (non-hydrogen) atoms. The van der Waals surface area contributed by atoms with Gasteiger partial charge in [-0.3, -0.25) is 4.79 Å². The van der Waals surface area contributed by atoms with Crippen LogP contribution in [0.3, 0.4) is 0 Å². The molecule has 2 rings (SSSR count). The van der Waals surface area contributed by atoms with Gasteiger partial charge in [-0.2, -0.15) is 0 Å². The molecule has 0 aliphatic rings. The highest BCUT2D eigenvalue weighted by Crippen LogP contribution is 2.12. The number of carbonyl (C=O) groups is 1. The quantitative estimate of drug-likeness (QED) is 0.601. The summed E-state index contributed by atoms with van der Waals surface area (Å²) in [6, 6.07) is 10.8. The number of amides is 1. The maximum Gasteiger partial charge on any atom is 0.224 e. The van der Waals surface area contributed by atoms with Gasteiger partial charge in [0.25, 0.3) is 0 Å². The van der Waals surface area contributed by atoms with Crippen LogP contribution in [0.4, 0.5) is 11.4 Å². The summed E-state index contributed by atoms with van der Waals surface area (Å²) in [4.78, 5) is 11.7. The van der Waals surface area contributed by atoms with Crippen molar-refractivity contribution in [2.24, 2.45) is 0 Å². The first-order chi connectivity index (χ1) is 9.74. The summed E-state index contributed by atoms with van der Waals surface area (Å²) in [5.74, 6) is 0.742. The van der Waals surface area contributed by atoms with Gasteiger partial charge in [0, 0.05) is 24.4 Å². The molecule has 0 saturated heterocycles. The second kappa shape index (κ2) is 7.35. The van der Waals surface area contributed by atoms with E-state index < -0.39 is 0 Å². The summed E-state index contributed by atoms with van der Waals surface area (Å²) >= 11 is 0. The predicted molar refractivity (Wildman–Crippen MR) is 77.1 cm³/mol. The van der Waals surface area contributed by atoms with Crippen LogP contribution < -0.4 is 11.1 Å². The van der Waals surface area contributed by atoms with Crippen molar-refractivity contribution < 1.29 is 13.9 Å². The van der Waals surface area contributed by atoms with Crippen LogP contribution in [0, 0.1) is 0 Å². The fraction of sp³-hybridized carbons (Fsp3) is 0.267. The Morgan fingerprint density at radius 1 is 1.30 bits per heavy atom. The summed E-state index contributed by atoms with van der Waals surface area (Å²) in [5.41, 5.74) is 6.98. The van der Waals surface area contributed by atoms with Gasteiger partial charge in [-0.25, -0.2) is 0 Å². The minimum atomic E-state index is -0.0443. The molecule has 1 heterocycles. The van der Waals surface area contributed by atoms with Gasteiger partial charge in [0.2, 0.25) is 5.91 Å². The van der Waals surface area contributed by atoms with Gasteiger partial charge < -0.3 is 20.2 Å². The van der Waals surface area contributed by atoms with Gasteiger partial charge in [0.1, 0.15) is 12.4 Å². The minimum absolute atomic E-state index is 0.0443. The molecule has 3 N–H and O–H groups in total. The molecule has 1 aromatic heterocycles. The van der Waals surface area contributed by atoms with Crippen LogP contribution in [0.15, 0.2) is 47.1 Å². The van der Waals surface area contributed by atoms with Crippen molar-refractivity contribution >= 4 is 17.3 Å². The Morgan fingerprint density at radius 2 is 2.20 bits per heavy atom. The number of carbonyl (C=O) groups excluding carboxylic acids is 1. The molecule has 0 bridgehead atoms. The highest BCUT2D eigenvalue weighted by atomic mass is 16.5. The Labute approximate surface area is 117 Å². The molecule has 0 aliphatic heterocycles. The smallest absolute Gasteiger partial charge is 0.224 e. The number of nitrogens with two attached hydrogens (primary N) is 1. The van der Waals surface area contributed by atoms with Gasteiger partial charge in [0.05, 0.1) is 6.26 Å². The number of benzene rings is 1. The normalized spacial score (nSPS) is 10.4. The number of nitrogen functional groups attached to an aromatic ring is 1. The van der Waals surface area contributed by atoms with Gasteiger partial charge in [-0.1, -0.05) is 6.07 Å². The molecule has 106 valence electrons. The lowest BCUT2D eigenvalue weighted by Crippen LogP contribution is -2.12. The van der Waals surface area contributed by atoms with Crippen LogP contribution in [0.5, 0.6) is 0 Å². The van der Waals surface area contributed by atoms with Crippen molar-refractivity contribution in [3.63, 3.8) is 0 Å². The number of nitrogens with one attached hydrogen (secondary N) is 1. The lowest BCUT2D eigenvalue weighted by molar-refractivity contribution is -0.116. The molecule has 5 heteroatoms. The summed E-state index contributed by atoms with van der Waals surface area (Å²) in [5, 5.41) is 2.79. The maximum atomic E-state index is 11.7. The summed E-state index contributed by atoms with van der Waals surface area (Å²) < 4.78 is 10.5. The molecule has 1 amide bonds. The van der Waals surface area contributed by atoms with Crippen LogP contribution in [-0.4, -0.2) is 12.5 Å². The van der Waals surface area contributed by atoms with Crippen molar-refractivity contribution in [3.8, 4) is 0 Å². The number of furan rings is 1.